The van der Waals surface area contributed by atoms with E-state index in [0.29, 0.717) is 24.2 Å². The molecule has 1 heterocycles. The number of aliphatic hydroxyl groups excluding tert-OH is 1. The first kappa shape index (κ1) is 39.3. The summed E-state index contributed by atoms with van der Waals surface area (Å²) in [4.78, 5) is 49.8. The third kappa shape index (κ3) is 6.10. The van der Waals surface area contributed by atoms with Crippen LogP contribution in [0.2, 0.25) is 0 Å². The number of ketones is 1. The van der Waals surface area contributed by atoms with E-state index in [0.717, 1.165) is 11.3 Å². The molecular weight excluding hydrogens is 662 g/mol. The van der Waals surface area contributed by atoms with E-state index >= 15 is 4.79 Å². The van der Waals surface area contributed by atoms with E-state index in [1.165, 1.54) is 0 Å². The quantitative estimate of drug-likeness (QED) is 0.219. The summed E-state index contributed by atoms with van der Waals surface area (Å²) in [6, 6.07) is 17.8. The molecule has 0 unspecified atom stereocenters. The predicted molar refractivity (Wildman–Crippen MR) is 196 cm³/mol. The first-order chi connectivity index (χ1) is 24.5. The molecule has 0 spiro atoms. The Kier molecular flexibility index (Phi) is 11.0. The Labute approximate surface area is 307 Å². The minimum Gasteiger partial charge on any atom is -0.461 e. The number of esters is 2. The highest BCUT2D eigenvalue weighted by molar-refractivity contribution is 5.91. The van der Waals surface area contributed by atoms with Gasteiger partial charge in [0, 0.05) is 41.7 Å². The van der Waals surface area contributed by atoms with Crippen molar-refractivity contribution in [1.29, 1.82) is 0 Å². The zero-order valence-corrected chi connectivity index (χ0v) is 31.7. The molecule has 0 radical (unpaired) electrons. The molecule has 2 saturated carbocycles. The summed E-state index contributed by atoms with van der Waals surface area (Å²) in [5, 5.41) is 28.1. The molecule has 282 valence electrons. The number of nitrogens with one attached hydrogen (secondary N) is 1. The van der Waals surface area contributed by atoms with Crippen molar-refractivity contribution in [3.63, 3.8) is 0 Å². The topological polar surface area (TPSA) is 148 Å². The Morgan fingerprint density at radius 2 is 1.60 bits per heavy atom. The Hall–Kier alpha value is -3.86. The summed E-state index contributed by atoms with van der Waals surface area (Å²) in [6.07, 6.45) is -2.74. The van der Waals surface area contributed by atoms with Crippen LogP contribution in [-0.4, -0.2) is 71.3 Å². The van der Waals surface area contributed by atoms with Gasteiger partial charge >= 0.3 is 11.9 Å². The normalized spacial score (nSPS) is 35.8. The lowest BCUT2D eigenvalue weighted by Gasteiger charge is -2.69. The smallest absolute Gasteiger partial charge is 0.338 e. The molecule has 2 bridgehead atoms. The Morgan fingerprint density at radius 1 is 1.00 bits per heavy atom. The van der Waals surface area contributed by atoms with Crippen LogP contribution in [0.15, 0.2) is 71.8 Å². The maximum Gasteiger partial charge on any atom is 0.338 e. The molecule has 2 aromatic carbocycles. The van der Waals surface area contributed by atoms with E-state index in [9.17, 15) is 19.8 Å². The number of hydrogen-bond acceptors (Lipinski definition) is 10. The van der Waals surface area contributed by atoms with Gasteiger partial charge in [-0.25, -0.2) is 4.79 Å². The lowest BCUT2D eigenvalue weighted by atomic mass is 9.40. The Morgan fingerprint density at radius 3 is 2.15 bits per heavy atom. The van der Waals surface area contributed by atoms with E-state index in [1.54, 1.807) is 6.92 Å². The molecular formula is C42H55NO9. The molecule has 3 fully saturated rings. The number of aliphatic hydroxyl groups is 2. The molecule has 6 rings (SSSR count). The van der Waals surface area contributed by atoms with Crippen LogP contribution in [0, 0.1) is 34.0 Å². The van der Waals surface area contributed by atoms with Gasteiger partial charge in [0.2, 0.25) is 0 Å². The second-order valence-electron chi connectivity index (χ2n) is 16.1. The van der Waals surface area contributed by atoms with Gasteiger partial charge < -0.3 is 34.5 Å². The van der Waals surface area contributed by atoms with Gasteiger partial charge in [0.25, 0.3) is 0 Å². The summed E-state index contributed by atoms with van der Waals surface area (Å²) < 4.78 is 18.4. The van der Waals surface area contributed by atoms with Gasteiger partial charge in [-0.1, -0.05) is 90.1 Å². The van der Waals surface area contributed by atoms with Crippen LogP contribution in [0.3, 0.4) is 0 Å². The number of carbonyl (C=O) groups is 4. The van der Waals surface area contributed by atoms with Crippen molar-refractivity contribution in [2.24, 2.45) is 34.0 Å². The van der Waals surface area contributed by atoms with E-state index in [-0.39, 0.29) is 30.7 Å². The zero-order chi connectivity index (χ0) is 38.4. The highest BCUT2D eigenvalue weighted by atomic mass is 16.6. The summed E-state index contributed by atoms with van der Waals surface area (Å²) in [5.74, 6) is -2.83. The predicted octanol–water partition coefficient (Wildman–Crippen LogP) is 6.01. The molecule has 3 N–H and O–H groups in total. The Bertz CT molecular complexity index is 1680. The van der Waals surface area contributed by atoms with Crippen molar-refractivity contribution < 1.29 is 43.6 Å². The summed E-state index contributed by atoms with van der Waals surface area (Å²) in [6.45, 7) is 17.9. The molecule has 4 aliphatic rings. The fourth-order valence-corrected chi connectivity index (χ4v) is 10.5. The molecule has 3 aliphatic carbocycles. The monoisotopic (exact) mass is 717 g/mol. The number of rotatable bonds is 8. The summed E-state index contributed by atoms with van der Waals surface area (Å²) in [7, 11) is 0. The number of anilines is 1. The maximum atomic E-state index is 15.1. The number of Topliss-reactive ketones (excluding diaryl/α,β-unsaturated/α-hetero) is 1. The molecule has 2 aromatic rings. The van der Waals surface area contributed by atoms with Gasteiger partial charge in [-0.15, -0.1) is 0 Å². The number of carbonyl (C=O) groups excluding carboxylic acids is 4. The average molecular weight is 718 g/mol. The third-order valence-electron chi connectivity index (χ3n) is 13.2. The number of ether oxygens (including phenoxy) is 3. The van der Waals surface area contributed by atoms with Crippen LogP contribution in [0.1, 0.15) is 86.3 Å². The Balaban J connectivity index is 0.00000257. The van der Waals surface area contributed by atoms with Crippen molar-refractivity contribution >= 4 is 30.2 Å². The molecule has 52 heavy (non-hydrogen) atoms. The van der Waals surface area contributed by atoms with Crippen molar-refractivity contribution in [3.8, 4) is 0 Å². The maximum absolute atomic E-state index is 15.1. The second-order valence-corrected chi connectivity index (χ2v) is 16.1. The molecule has 0 aromatic heterocycles. The molecule has 10 heteroatoms. The van der Waals surface area contributed by atoms with Gasteiger partial charge in [-0.05, 0) is 54.5 Å². The van der Waals surface area contributed by atoms with Gasteiger partial charge in [-0.3, -0.25) is 9.59 Å². The van der Waals surface area contributed by atoms with Crippen LogP contribution >= 0.6 is 0 Å². The van der Waals surface area contributed by atoms with Crippen molar-refractivity contribution in [2.75, 3.05) is 11.9 Å². The summed E-state index contributed by atoms with van der Waals surface area (Å²) in [5.41, 5.74) is -1.02. The first-order valence-corrected chi connectivity index (χ1v) is 18.3. The van der Waals surface area contributed by atoms with Gasteiger partial charge in [0.05, 0.1) is 29.8 Å². The molecule has 1 aliphatic heterocycles. The van der Waals surface area contributed by atoms with Crippen LogP contribution in [-0.2, 0) is 33.4 Å². The lowest BCUT2D eigenvalue weighted by molar-refractivity contribution is -0.303. The number of hydrogen-bond donors (Lipinski definition) is 3. The van der Waals surface area contributed by atoms with E-state index in [1.807, 2.05) is 109 Å². The average Bonchev–Trinajstić information content (AvgIpc) is 3.13. The number of para-hydroxylation sites is 1. The number of fused-ring (bicyclic) bond motifs is 5. The van der Waals surface area contributed by atoms with E-state index < -0.39 is 69.9 Å². The molecule has 0 amide bonds. The minimum atomic E-state index is -1.58. The van der Waals surface area contributed by atoms with E-state index in [2.05, 4.69) is 12.2 Å². The van der Waals surface area contributed by atoms with Crippen molar-refractivity contribution in [3.05, 3.63) is 77.4 Å². The molecule has 1 saturated heterocycles. The molecule has 11 atom stereocenters. The number of benzene rings is 2. The van der Waals surface area contributed by atoms with E-state index in [4.69, 9.17) is 19.0 Å². The van der Waals surface area contributed by atoms with Gasteiger partial charge in [0.15, 0.2) is 6.10 Å². The zero-order valence-electron chi connectivity index (χ0n) is 31.7. The SMILES string of the molecule is C=O.CCC(=O)O[C@H]1C[C@H]2OC[C@@]2(C)[C@H]2[C@H](C)[C@]3(O)C[C@H](OC(=O)[C@H](O)[C@@H](Nc4ccccc4)c4ccccc4)C(C)=C([C@@H](C)C(=O)[C@]12C)C3(C)C. The minimum absolute atomic E-state index is 0.0532. The highest BCUT2D eigenvalue weighted by Gasteiger charge is 2.73. The van der Waals surface area contributed by atoms with Crippen LogP contribution in [0.25, 0.3) is 0 Å². The fraction of sp³-hybridized carbons (Fsp3) is 0.571. The van der Waals surface area contributed by atoms with Gasteiger partial charge in [-0.2, -0.15) is 0 Å². The van der Waals surface area contributed by atoms with Crippen LogP contribution < -0.4 is 5.32 Å². The van der Waals surface area contributed by atoms with Crippen molar-refractivity contribution in [2.45, 2.75) is 111 Å². The van der Waals surface area contributed by atoms with Gasteiger partial charge in [0.1, 0.15) is 24.8 Å². The van der Waals surface area contributed by atoms with Crippen LogP contribution in [0.5, 0.6) is 0 Å². The lowest BCUT2D eigenvalue weighted by Crippen LogP contribution is -2.74. The third-order valence-corrected chi connectivity index (χ3v) is 13.2. The first-order valence-electron chi connectivity index (χ1n) is 18.3. The van der Waals surface area contributed by atoms with Crippen LogP contribution in [0.4, 0.5) is 5.69 Å². The highest BCUT2D eigenvalue weighted by Crippen LogP contribution is 2.68. The standard InChI is InChI=1S/C41H53NO8.CH2O/c1-9-31(43)50-30-20-29-39(7,22-48-29)35-25(4)41(47)21-28(23(2)32(38(41,5)6)24(3)36(45)40(30,35)8)49-37(46)34(44)33(26-16-12-10-13-17-26)42-27-18-14-11-15-19-27;1-2/h10-19,24-25,28-30,33-35,42,44,47H,9,20-22H2,1-8H3;1H2/t24-,25+,28+,29-,30+,33+,34-,35-,39-,40-,41-;/m1./s1. The fourth-order valence-electron chi connectivity index (χ4n) is 10.5. The molecule has 10 nitrogen and oxygen atoms in total. The second kappa shape index (κ2) is 14.5. The largest absolute Gasteiger partial charge is 0.461 e. The van der Waals surface area contributed by atoms with Crippen molar-refractivity contribution in [1.82, 2.24) is 0 Å². The summed E-state index contributed by atoms with van der Waals surface area (Å²) >= 11 is 0.